The lowest BCUT2D eigenvalue weighted by Crippen LogP contribution is -1.97. The number of benzene rings is 4. The van der Waals surface area contributed by atoms with Gasteiger partial charge in [0, 0.05) is 4.90 Å². The minimum absolute atomic E-state index is 0.153. The van der Waals surface area contributed by atoms with Gasteiger partial charge in [-0.25, -0.2) is 0 Å². The van der Waals surface area contributed by atoms with Crippen molar-refractivity contribution in [1.29, 1.82) is 0 Å². The molecule has 4 aromatic carbocycles. The molecule has 4 rings (SSSR count). The Hall–Kier alpha value is -3.06. The molecule has 0 spiro atoms. The molecule has 4 aromatic rings. The lowest BCUT2D eigenvalue weighted by atomic mass is 10.1. The topological polar surface area (TPSA) is 63.6 Å². The predicted molar refractivity (Wildman–Crippen MR) is 121 cm³/mol. The SMILES string of the molecule is O=S(=O)(O)c1ccc(OSc2ccccc2)cc1.c1ccc(-c2ccccc2)cc1. The Labute approximate surface area is 181 Å². The highest BCUT2D eigenvalue weighted by Gasteiger charge is 2.08. The van der Waals surface area contributed by atoms with Gasteiger partial charge in [0.15, 0.2) is 0 Å². The average Bonchev–Trinajstić information content (AvgIpc) is 2.80. The first-order valence-electron chi connectivity index (χ1n) is 9.10. The van der Waals surface area contributed by atoms with Gasteiger partial charge in [-0.2, -0.15) is 8.42 Å². The molecule has 0 aromatic heterocycles. The van der Waals surface area contributed by atoms with Crippen LogP contribution in [0.15, 0.2) is 125 Å². The summed E-state index contributed by atoms with van der Waals surface area (Å²) in [6.45, 7) is 0. The van der Waals surface area contributed by atoms with Crippen molar-refractivity contribution in [3.05, 3.63) is 115 Å². The van der Waals surface area contributed by atoms with Crippen LogP contribution in [0, 0.1) is 0 Å². The Morgan fingerprint density at radius 1 is 0.600 bits per heavy atom. The number of rotatable bonds is 5. The minimum atomic E-state index is -4.15. The zero-order valence-corrected chi connectivity index (χ0v) is 17.6. The highest BCUT2D eigenvalue weighted by molar-refractivity contribution is 7.95. The Balaban J connectivity index is 0.000000184. The van der Waals surface area contributed by atoms with E-state index in [9.17, 15) is 8.42 Å². The van der Waals surface area contributed by atoms with E-state index in [0.29, 0.717) is 5.75 Å². The molecule has 152 valence electrons. The van der Waals surface area contributed by atoms with Gasteiger partial charge in [-0.05, 0) is 47.5 Å². The third-order valence-corrected chi connectivity index (χ3v) is 5.59. The molecule has 6 heteroatoms. The molecular weight excluding hydrogens is 416 g/mol. The van der Waals surface area contributed by atoms with Crippen LogP contribution >= 0.6 is 12.0 Å². The molecule has 0 fully saturated rings. The molecule has 0 saturated heterocycles. The first kappa shape index (κ1) is 21.6. The molecule has 0 radical (unpaired) electrons. The van der Waals surface area contributed by atoms with Gasteiger partial charge in [-0.1, -0.05) is 78.9 Å². The van der Waals surface area contributed by atoms with Crippen molar-refractivity contribution in [3.8, 4) is 16.9 Å². The van der Waals surface area contributed by atoms with Crippen molar-refractivity contribution in [1.82, 2.24) is 0 Å². The summed E-state index contributed by atoms with van der Waals surface area (Å²) in [6, 6.07) is 35.8. The summed E-state index contributed by atoms with van der Waals surface area (Å²) in [7, 11) is -4.15. The maximum atomic E-state index is 10.8. The summed E-state index contributed by atoms with van der Waals surface area (Å²) < 4.78 is 35.9. The molecule has 0 bridgehead atoms. The van der Waals surface area contributed by atoms with E-state index in [2.05, 4.69) is 48.5 Å². The maximum absolute atomic E-state index is 10.8. The molecule has 4 nitrogen and oxygen atoms in total. The maximum Gasteiger partial charge on any atom is 0.294 e. The van der Waals surface area contributed by atoms with E-state index in [-0.39, 0.29) is 4.90 Å². The minimum Gasteiger partial charge on any atom is -0.421 e. The van der Waals surface area contributed by atoms with E-state index in [4.69, 9.17) is 8.74 Å². The Morgan fingerprint density at radius 2 is 1.03 bits per heavy atom. The first-order chi connectivity index (χ1) is 14.5. The summed E-state index contributed by atoms with van der Waals surface area (Å²) in [6.07, 6.45) is 0. The van der Waals surface area contributed by atoms with Crippen LogP contribution in [0.3, 0.4) is 0 Å². The van der Waals surface area contributed by atoms with Crippen molar-refractivity contribution in [2.45, 2.75) is 9.79 Å². The number of hydrogen-bond acceptors (Lipinski definition) is 4. The van der Waals surface area contributed by atoms with Crippen LogP contribution in [0.4, 0.5) is 0 Å². The normalized spacial score (nSPS) is 10.6. The first-order valence-corrected chi connectivity index (χ1v) is 11.3. The lowest BCUT2D eigenvalue weighted by Gasteiger charge is -2.04. The third kappa shape index (κ3) is 6.77. The fraction of sp³-hybridized carbons (Fsp3) is 0. The Bertz CT molecular complexity index is 1090. The van der Waals surface area contributed by atoms with Gasteiger partial charge in [0.1, 0.15) is 5.75 Å². The molecular formula is C24H20O4S2. The smallest absolute Gasteiger partial charge is 0.294 e. The zero-order chi connectivity index (χ0) is 21.2. The van der Waals surface area contributed by atoms with Crippen molar-refractivity contribution in [2.24, 2.45) is 0 Å². The second kappa shape index (κ2) is 10.6. The van der Waals surface area contributed by atoms with E-state index >= 15 is 0 Å². The second-order valence-corrected chi connectivity index (χ2v) is 8.38. The fourth-order valence-corrected chi connectivity index (χ4v) is 3.55. The molecule has 0 amide bonds. The highest BCUT2D eigenvalue weighted by Crippen LogP contribution is 2.24. The summed E-state index contributed by atoms with van der Waals surface area (Å²) in [5.74, 6) is 0.510. The van der Waals surface area contributed by atoms with Crippen LogP contribution in [0.2, 0.25) is 0 Å². The van der Waals surface area contributed by atoms with E-state index in [1.807, 2.05) is 42.5 Å². The molecule has 30 heavy (non-hydrogen) atoms. The summed E-state index contributed by atoms with van der Waals surface area (Å²) in [4.78, 5) is 0.788. The summed E-state index contributed by atoms with van der Waals surface area (Å²) >= 11 is 1.17. The quantitative estimate of drug-likeness (QED) is 0.291. The molecule has 0 saturated carbocycles. The molecule has 0 atom stereocenters. The number of hydrogen-bond donors (Lipinski definition) is 1. The summed E-state index contributed by atoms with van der Waals surface area (Å²) in [5.41, 5.74) is 2.55. The highest BCUT2D eigenvalue weighted by atomic mass is 32.2. The van der Waals surface area contributed by atoms with Crippen LogP contribution in [0.1, 0.15) is 0 Å². The van der Waals surface area contributed by atoms with E-state index in [0.717, 1.165) is 4.90 Å². The Kier molecular flexibility index (Phi) is 7.68. The van der Waals surface area contributed by atoms with Gasteiger partial charge in [0.05, 0.1) is 16.9 Å². The summed E-state index contributed by atoms with van der Waals surface area (Å²) in [5, 5.41) is 0. The van der Waals surface area contributed by atoms with Crippen molar-refractivity contribution < 1.29 is 17.2 Å². The predicted octanol–water partition coefficient (Wildman–Crippen LogP) is 6.37. The van der Waals surface area contributed by atoms with Gasteiger partial charge >= 0.3 is 0 Å². The van der Waals surface area contributed by atoms with Gasteiger partial charge in [-0.15, -0.1) is 0 Å². The fourth-order valence-electron chi connectivity index (χ4n) is 2.50. The standard InChI is InChI=1S/C12H10O4S2.C12H10/c13-18(14,15)12-8-6-10(7-9-12)16-17-11-4-2-1-3-5-11;1-3-7-11(8-4-1)12-9-5-2-6-10-12/h1-9H,(H,13,14,15);1-10H. The molecule has 0 aliphatic carbocycles. The van der Waals surface area contributed by atoms with Gasteiger partial charge in [0.2, 0.25) is 0 Å². The monoisotopic (exact) mass is 436 g/mol. The molecule has 0 aliphatic rings. The van der Waals surface area contributed by atoms with Crippen molar-refractivity contribution >= 4 is 22.2 Å². The zero-order valence-electron chi connectivity index (χ0n) is 16.0. The van der Waals surface area contributed by atoms with Gasteiger partial charge in [-0.3, -0.25) is 4.55 Å². The van der Waals surface area contributed by atoms with Crippen LogP contribution in [-0.4, -0.2) is 13.0 Å². The van der Waals surface area contributed by atoms with Crippen molar-refractivity contribution in [3.63, 3.8) is 0 Å². The van der Waals surface area contributed by atoms with E-state index in [1.54, 1.807) is 0 Å². The van der Waals surface area contributed by atoms with Crippen molar-refractivity contribution in [2.75, 3.05) is 0 Å². The van der Waals surface area contributed by atoms with E-state index < -0.39 is 10.1 Å². The largest absolute Gasteiger partial charge is 0.421 e. The third-order valence-electron chi connectivity index (χ3n) is 3.98. The van der Waals surface area contributed by atoms with Gasteiger partial charge in [0.25, 0.3) is 10.1 Å². The van der Waals surface area contributed by atoms with Gasteiger partial charge < -0.3 is 4.18 Å². The molecule has 0 unspecified atom stereocenters. The average molecular weight is 437 g/mol. The van der Waals surface area contributed by atoms with E-state index in [1.165, 1.54) is 47.4 Å². The molecule has 0 aliphatic heterocycles. The van der Waals surface area contributed by atoms with Crippen LogP contribution in [0.5, 0.6) is 5.75 Å². The second-order valence-electron chi connectivity index (χ2n) is 6.16. The van der Waals surface area contributed by atoms with Crippen LogP contribution in [0.25, 0.3) is 11.1 Å². The Morgan fingerprint density at radius 3 is 1.47 bits per heavy atom. The molecule has 0 heterocycles. The van der Waals surface area contributed by atoms with Crippen LogP contribution in [-0.2, 0) is 10.1 Å². The molecule has 1 N–H and O–H groups in total. The van der Waals surface area contributed by atoms with Crippen LogP contribution < -0.4 is 4.18 Å². The lowest BCUT2D eigenvalue weighted by molar-refractivity contribution is 0.483.